The second-order valence-corrected chi connectivity index (χ2v) is 8.08. The minimum atomic E-state index is 0.501. The molecule has 2 fully saturated rings. The first-order valence-electron chi connectivity index (χ1n) is 10.7. The number of aromatic nitrogens is 5. The Labute approximate surface area is 178 Å². The number of pyridine rings is 1. The summed E-state index contributed by atoms with van der Waals surface area (Å²) in [6, 6.07) is 7.83. The molecule has 1 saturated heterocycles. The lowest BCUT2D eigenvalue weighted by Gasteiger charge is -2.27. The Morgan fingerprint density at radius 2 is 1.94 bits per heavy atom. The van der Waals surface area contributed by atoms with Crippen LogP contribution in [0.2, 0.25) is 0 Å². The molecule has 0 amide bonds. The fraction of sp³-hybridized carbons (Fsp3) is 0.364. The van der Waals surface area contributed by atoms with Gasteiger partial charge in [0.2, 0.25) is 5.95 Å². The summed E-state index contributed by atoms with van der Waals surface area (Å²) in [4.78, 5) is 15.8. The molecule has 4 aromatic rings. The number of nitrogens with one attached hydrogen (secondary N) is 2. The number of rotatable bonds is 6. The number of ether oxygens (including phenoxy) is 1. The molecule has 0 radical (unpaired) electrons. The van der Waals surface area contributed by atoms with Crippen molar-refractivity contribution in [1.82, 2.24) is 25.1 Å². The fourth-order valence-electron chi connectivity index (χ4n) is 3.90. The smallest absolute Gasteiger partial charge is 0.231 e. The number of nitrogens with zero attached hydrogens (tertiary/aromatic N) is 5. The number of hydrogen-bond donors (Lipinski definition) is 2. The van der Waals surface area contributed by atoms with Gasteiger partial charge < -0.3 is 19.4 Å². The van der Waals surface area contributed by atoms with Gasteiger partial charge in [-0.1, -0.05) is 0 Å². The van der Waals surface area contributed by atoms with E-state index in [0.717, 1.165) is 59.6 Å². The molecule has 1 aliphatic heterocycles. The zero-order chi connectivity index (χ0) is 20.6. The minimum Gasteiger partial charge on any atom is -0.450 e. The second kappa shape index (κ2) is 7.66. The van der Waals surface area contributed by atoms with Gasteiger partial charge in [-0.2, -0.15) is 10.1 Å². The molecule has 158 valence electrons. The molecule has 1 saturated carbocycles. The van der Waals surface area contributed by atoms with Crippen LogP contribution in [0, 0.1) is 5.92 Å². The van der Waals surface area contributed by atoms with E-state index in [2.05, 4.69) is 25.4 Å². The molecule has 0 spiro atoms. The van der Waals surface area contributed by atoms with E-state index in [9.17, 15) is 0 Å². The highest BCUT2D eigenvalue weighted by atomic mass is 16.5. The number of H-pyrrole nitrogens is 1. The highest BCUT2D eigenvalue weighted by molar-refractivity contribution is 5.89. The van der Waals surface area contributed by atoms with E-state index in [0.29, 0.717) is 24.7 Å². The van der Waals surface area contributed by atoms with Crippen LogP contribution in [-0.4, -0.2) is 51.5 Å². The first-order chi connectivity index (χ1) is 15.3. The predicted molar refractivity (Wildman–Crippen MR) is 116 cm³/mol. The van der Waals surface area contributed by atoms with Crippen molar-refractivity contribution in [3.8, 4) is 11.3 Å². The van der Waals surface area contributed by atoms with Crippen molar-refractivity contribution in [2.75, 3.05) is 36.5 Å². The van der Waals surface area contributed by atoms with Crippen LogP contribution in [0.15, 0.2) is 41.1 Å². The maximum Gasteiger partial charge on any atom is 0.231 e. The quantitative estimate of drug-likeness (QED) is 0.491. The van der Waals surface area contributed by atoms with Crippen LogP contribution in [0.25, 0.3) is 22.4 Å². The van der Waals surface area contributed by atoms with E-state index >= 15 is 0 Å². The van der Waals surface area contributed by atoms with Crippen LogP contribution in [0.1, 0.15) is 18.5 Å². The Morgan fingerprint density at radius 3 is 2.74 bits per heavy atom. The zero-order valence-corrected chi connectivity index (χ0v) is 17.0. The molecule has 0 bridgehead atoms. The molecule has 2 N–H and O–H groups in total. The summed E-state index contributed by atoms with van der Waals surface area (Å²) in [5.74, 6) is 3.53. The Morgan fingerprint density at radius 1 is 1.10 bits per heavy atom. The fourth-order valence-corrected chi connectivity index (χ4v) is 3.90. The Hall–Kier alpha value is -3.46. The van der Waals surface area contributed by atoms with Gasteiger partial charge in [-0.3, -0.25) is 10.1 Å². The summed E-state index contributed by atoms with van der Waals surface area (Å²) in [5, 5.41) is 10.8. The van der Waals surface area contributed by atoms with Crippen molar-refractivity contribution in [3.63, 3.8) is 0 Å². The molecule has 0 aromatic carbocycles. The van der Waals surface area contributed by atoms with E-state index in [4.69, 9.17) is 19.1 Å². The molecule has 5 heterocycles. The van der Waals surface area contributed by atoms with Gasteiger partial charge in [0.05, 0.1) is 13.2 Å². The first-order valence-corrected chi connectivity index (χ1v) is 10.7. The number of anilines is 3. The predicted octanol–water partition coefficient (Wildman–Crippen LogP) is 3.54. The molecule has 1 aliphatic carbocycles. The van der Waals surface area contributed by atoms with E-state index in [1.165, 1.54) is 12.8 Å². The van der Waals surface area contributed by atoms with Crippen molar-refractivity contribution in [2.24, 2.45) is 5.92 Å². The standard InChI is InChI=1S/C22H23N7O2/c1-2-14(1)11-16-12-19(28-27-16)25-22-24-17-13-18(15-3-5-23-6-4-15)31-20(17)21(26-22)29-7-9-30-10-8-29/h3-6,12-14H,1-2,7-11H2,(H2,24,25,26,27,28). The third kappa shape index (κ3) is 3.84. The van der Waals surface area contributed by atoms with Crippen molar-refractivity contribution < 1.29 is 9.15 Å². The highest BCUT2D eigenvalue weighted by Crippen LogP contribution is 2.34. The van der Waals surface area contributed by atoms with E-state index < -0.39 is 0 Å². The summed E-state index contributed by atoms with van der Waals surface area (Å²) in [5.41, 5.74) is 3.52. The second-order valence-electron chi connectivity index (χ2n) is 8.08. The number of aromatic amines is 1. The van der Waals surface area contributed by atoms with Gasteiger partial charge in [0.15, 0.2) is 17.2 Å². The van der Waals surface area contributed by atoms with Gasteiger partial charge in [-0.25, -0.2) is 4.98 Å². The Bertz CT molecular complexity index is 1190. The molecule has 9 heteroatoms. The van der Waals surface area contributed by atoms with Crippen LogP contribution in [0.3, 0.4) is 0 Å². The lowest BCUT2D eigenvalue weighted by atomic mass is 10.2. The van der Waals surface area contributed by atoms with Crippen LogP contribution >= 0.6 is 0 Å². The molecule has 2 aliphatic rings. The maximum absolute atomic E-state index is 6.21. The van der Waals surface area contributed by atoms with Crippen LogP contribution < -0.4 is 10.2 Å². The normalized spacial score (nSPS) is 16.7. The van der Waals surface area contributed by atoms with Gasteiger partial charge >= 0.3 is 0 Å². The molecule has 9 nitrogen and oxygen atoms in total. The van der Waals surface area contributed by atoms with Gasteiger partial charge in [-0.15, -0.1) is 0 Å². The topological polar surface area (TPSA) is 105 Å². The minimum absolute atomic E-state index is 0.501. The molecular weight excluding hydrogens is 394 g/mol. The van der Waals surface area contributed by atoms with Crippen LogP contribution in [0.4, 0.5) is 17.6 Å². The molecule has 0 unspecified atom stereocenters. The summed E-state index contributed by atoms with van der Waals surface area (Å²) in [7, 11) is 0. The van der Waals surface area contributed by atoms with Gasteiger partial charge in [0.25, 0.3) is 0 Å². The third-order valence-corrected chi connectivity index (χ3v) is 5.71. The van der Waals surface area contributed by atoms with Crippen molar-refractivity contribution in [2.45, 2.75) is 19.3 Å². The molecule has 6 rings (SSSR count). The van der Waals surface area contributed by atoms with Gasteiger partial charge in [0, 0.05) is 48.9 Å². The van der Waals surface area contributed by atoms with Crippen molar-refractivity contribution in [1.29, 1.82) is 0 Å². The number of furan rings is 1. The van der Waals surface area contributed by atoms with E-state index in [1.807, 2.05) is 24.3 Å². The summed E-state index contributed by atoms with van der Waals surface area (Å²) >= 11 is 0. The zero-order valence-electron chi connectivity index (χ0n) is 17.0. The Balaban J connectivity index is 1.37. The van der Waals surface area contributed by atoms with Crippen LogP contribution in [0.5, 0.6) is 0 Å². The molecular formula is C22H23N7O2. The number of hydrogen-bond acceptors (Lipinski definition) is 8. The lowest BCUT2D eigenvalue weighted by Crippen LogP contribution is -2.37. The molecule has 0 atom stereocenters. The highest BCUT2D eigenvalue weighted by Gasteiger charge is 2.23. The van der Waals surface area contributed by atoms with E-state index in [1.54, 1.807) is 12.4 Å². The number of morpholine rings is 1. The SMILES string of the molecule is c1cc(-c2cc3nc(Nc4cc(CC5CC5)[nH]n4)nc(N4CCOCC4)c3o2)ccn1. The summed E-state index contributed by atoms with van der Waals surface area (Å²) in [6.45, 7) is 2.84. The first kappa shape index (κ1) is 18.3. The van der Waals surface area contributed by atoms with Crippen molar-refractivity contribution in [3.05, 3.63) is 42.4 Å². The average molecular weight is 417 g/mol. The van der Waals surface area contributed by atoms with Crippen molar-refractivity contribution >= 4 is 28.7 Å². The average Bonchev–Trinajstić information content (AvgIpc) is 3.35. The Kier molecular flexibility index (Phi) is 4.53. The van der Waals surface area contributed by atoms with E-state index in [-0.39, 0.29) is 0 Å². The summed E-state index contributed by atoms with van der Waals surface area (Å²) in [6.07, 6.45) is 7.17. The van der Waals surface area contributed by atoms with Gasteiger partial charge in [0.1, 0.15) is 11.3 Å². The molecule has 31 heavy (non-hydrogen) atoms. The maximum atomic E-state index is 6.21. The summed E-state index contributed by atoms with van der Waals surface area (Å²) < 4.78 is 11.7. The van der Waals surface area contributed by atoms with Crippen LogP contribution in [-0.2, 0) is 11.2 Å². The van der Waals surface area contributed by atoms with Gasteiger partial charge in [-0.05, 0) is 37.3 Å². The number of fused-ring (bicyclic) bond motifs is 1. The molecule has 4 aromatic heterocycles. The monoisotopic (exact) mass is 417 g/mol. The largest absolute Gasteiger partial charge is 0.450 e. The third-order valence-electron chi connectivity index (χ3n) is 5.71. The lowest BCUT2D eigenvalue weighted by molar-refractivity contribution is 0.122.